The smallest absolute Gasteiger partial charge is 0.375 e. The van der Waals surface area contributed by atoms with E-state index in [1.807, 2.05) is 32.0 Å². The van der Waals surface area contributed by atoms with Crippen molar-refractivity contribution in [3.63, 3.8) is 0 Å². The van der Waals surface area contributed by atoms with Gasteiger partial charge in [0.15, 0.2) is 11.9 Å². The molecule has 0 saturated heterocycles. The highest BCUT2D eigenvalue weighted by atomic mass is 16.6. The Labute approximate surface area is 174 Å². The third-order valence-electron chi connectivity index (χ3n) is 4.69. The van der Waals surface area contributed by atoms with Crippen LogP contribution in [0, 0.1) is 13.8 Å². The lowest BCUT2D eigenvalue weighted by Crippen LogP contribution is -2.30. The van der Waals surface area contributed by atoms with E-state index in [1.54, 1.807) is 30.3 Å². The van der Waals surface area contributed by atoms with E-state index in [0.29, 0.717) is 17.0 Å². The van der Waals surface area contributed by atoms with Gasteiger partial charge in [-0.3, -0.25) is 9.59 Å². The average molecular weight is 405 g/mol. The van der Waals surface area contributed by atoms with Crippen molar-refractivity contribution in [2.45, 2.75) is 33.8 Å². The maximum atomic E-state index is 12.4. The van der Waals surface area contributed by atoms with Crippen LogP contribution in [-0.2, 0) is 9.53 Å². The number of ketones is 1. The molecule has 1 N–H and O–H groups in total. The van der Waals surface area contributed by atoms with Crippen molar-refractivity contribution in [2.24, 2.45) is 0 Å². The summed E-state index contributed by atoms with van der Waals surface area (Å²) in [5.41, 5.74) is 3.92. The van der Waals surface area contributed by atoms with Crippen molar-refractivity contribution in [1.29, 1.82) is 0 Å². The first-order valence-corrected chi connectivity index (χ1v) is 9.55. The van der Waals surface area contributed by atoms with Gasteiger partial charge in [0.25, 0.3) is 5.91 Å². The van der Waals surface area contributed by atoms with Gasteiger partial charge in [-0.25, -0.2) is 4.79 Å². The van der Waals surface area contributed by atoms with Gasteiger partial charge in [0.2, 0.25) is 5.76 Å². The van der Waals surface area contributed by atoms with Crippen LogP contribution < -0.4 is 5.32 Å². The maximum Gasteiger partial charge on any atom is 0.375 e. The summed E-state index contributed by atoms with van der Waals surface area (Å²) in [4.78, 5) is 36.2. The van der Waals surface area contributed by atoms with Crippen LogP contribution in [0.3, 0.4) is 0 Å². The fourth-order valence-electron chi connectivity index (χ4n) is 2.85. The molecule has 3 aromatic rings. The zero-order valence-electron chi connectivity index (χ0n) is 17.3. The van der Waals surface area contributed by atoms with Crippen molar-refractivity contribution in [3.8, 4) is 11.3 Å². The Hall–Kier alpha value is -3.67. The molecule has 0 aliphatic rings. The Balaban J connectivity index is 1.65. The van der Waals surface area contributed by atoms with E-state index in [0.717, 1.165) is 16.7 Å². The minimum atomic E-state index is -0.999. The second-order valence-corrected chi connectivity index (χ2v) is 7.15. The number of esters is 1. The summed E-state index contributed by atoms with van der Waals surface area (Å²) in [5, 5.41) is 2.78. The number of ether oxygens (including phenoxy) is 1. The monoisotopic (exact) mass is 405 g/mol. The highest BCUT2D eigenvalue weighted by Crippen LogP contribution is 2.24. The number of hydrogen-bond donors (Lipinski definition) is 1. The SMILES string of the molecule is CC(=O)c1ccc(-c2ccc(C(=O)O[C@H](C)C(=O)Nc3cc(C)ccc3C)o2)cc1. The standard InChI is InChI=1S/C24H23NO5/c1-14-5-6-15(2)20(13-14)25-23(27)17(4)29-24(28)22-12-11-21(30-22)19-9-7-18(8-10-19)16(3)26/h5-13,17H,1-4H3,(H,25,27)/t17-/m1/s1. The average Bonchev–Trinajstić information content (AvgIpc) is 3.21. The molecule has 1 aromatic heterocycles. The molecule has 0 bridgehead atoms. The quantitative estimate of drug-likeness (QED) is 0.463. The zero-order valence-corrected chi connectivity index (χ0v) is 17.3. The van der Waals surface area contributed by atoms with Gasteiger partial charge in [0.05, 0.1) is 0 Å². The Morgan fingerprint density at radius 2 is 1.67 bits per heavy atom. The summed E-state index contributed by atoms with van der Waals surface area (Å²) >= 11 is 0. The largest absolute Gasteiger partial charge is 0.449 e. The molecule has 3 rings (SSSR count). The van der Waals surface area contributed by atoms with Crippen LogP contribution in [0.4, 0.5) is 5.69 Å². The summed E-state index contributed by atoms with van der Waals surface area (Å²) in [6, 6.07) is 15.7. The van der Waals surface area contributed by atoms with Gasteiger partial charge in [0.1, 0.15) is 5.76 Å². The molecule has 1 atom stereocenters. The lowest BCUT2D eigenvalue weighted by molar-refractivity contribution is -0.123. The van der Waals surface area contributed by atoms with Crippen molar-refractivity contribution < 1.29 is 23.5 Å². The molecule has 30 heavy (non-hydrogen) atoms. The Kier molecular flexibility index (Phi) is 6.16. The van der Waals surface area contributed by atoms with Gasteiger partial charge in [-0.15, -0.1) is 0 Å². The van der Waals surface area contributed by atoms with Crippen molar-refractivity contribution in [1.82, 2.24) is 0 Å². The van der Waals surface area contributed by atoms with Crippen molar-refractivity contribution in [3.05, 3.63) is 77.0 Å². The number of carbonyl (C=O) groups excluding carboxylic acids is 3. The number of aryl methyl sites for hydroxylation is 2. The summed E-state index contributed by atoms with van der Waals surface area (Å²) < 4.78 is 10.8. The normalized spacial score (nSPS) is 11.6. The topological polar surface area (TPSA) is 85.6 Å². The highest BCUT2D eigenvalue weighted by molar-refractivity contribution is 5.97. The molecular weight excluding hydrogens is 382 g/mol. The molecule has 1 heterocycles. The van der Waals surface area contributed by atoms with E-state index >= 15 is 0 Å². The molecule has 6 nitrogen and oxygen atoms in total. The zero-order chi connectivity index (χ0) is 21.8. The lowest BCUT2D eigenvalue weighted by atomic mass is 10.1. The predicted octanol–water partition coefficient (Wildman–Crippen LogP) is 4.95. The molecule has 0 spiro atoms. The second-order valence-electron chi connectivity index (χ2n) is 7.15. The Bertz CT molecular complexity index is 1100. The van der Waals surface area contributed by atoms with Gasteiger partial charge < -0.3 is 14.5 Å². The van der Waals surface area contributed by atoms with E-state index in [-0.39, 0.29) is 11.5 Å². The van der Waals surface area contributed by atoms with Crippen LogP contribution in [0.15, 0.2) is 59.0 Å². The number of furan rings is 1. The van der Waals surface area contributed by atoms with E-state index in [9.17, 15) is 14.4 Å². The van der Waals surface area contributed by atoms with E-state index in [4.69, 9.17) is 9.15 Å². The van der Waals surface area contributed by atoms with Gasteiger partial charge in [-0.1, -0.05) is 36.4 Å². The first-order chi connectivity index (χ1) is 14.2. The van der Waals surface area contributed by atoms with Crippen LogP contribution in [0.1, 0.15) is 45.9 Å². The maximum absolute atomic E-state index is 12.4. The van der Waals surface area contributed by atoms with Gasteiger partial charge in [-0.2, -0.15) is 0 Å². The summed E-state index contributed by atoms with van der Waals surface area (Å²) in [5.74, 6) is -0.733. The van der Waals surface area contributed by atoms with Crippen LogP contribution in [0.25, 0.3) is 11.3 Å². The van der Waals surface area contributed by atoms with Crippen molar-refractivity contribution >= 4 is 23.3 Å². The third-order valence-corrected chi connectivity index (χ3v) is 4.69. The van der Waals surface area contributed by atoms with E-state index < -0.39 is 18.0 Å². The summed E-state index contributed by atoms with van der Waals surface area (Å²) in [7, 11) is 0. The van der Waals surface area contributed by atoms with Gasteiger partial charge in [0, 0.05) is 16.8 Å². The summed E-state index contributed by atoms with van der Waals surface area (Å²) in [6.07, 6.45) is -0.999. The number of carbonyl (C=O) groups is 3. The van der Waals surface area contributed by atoms with E-state index in [2.05, 4.69) is 5.32 Å². The number of hydrogen-bond acceptors (Lipinski definition) is 5. The summed E-state index contributed by atoms with van der Waals surface area (Å²) in [6.45, 7) is 6.82. The molecule has 0 fully saturated rings. The van der Waals surface area contributed by atoms with Gasteiger partial charge >= 0.3 is 5.97 Å². The number of nitrogens with one attached hydrogen (secondary N) is 1. The van der Waals surface area contributed by atoms with Crippen LogP contribution >= 0.6 is 0 Å². The third kappa shape index (κ3) is 4.84. The molecule has 0 unspecified atom stereocenters. The van der Waals surface area contributed by atoms with Crippen LogP contribution in [-0.4, -0.2) is 23.8 Å². The number of Topliss-reactive ketones (excluding diaryl/α,β-unsaturated/α-hetero) is 1. The number of rotatable bonds is 6. The molecule has 6 heteroatoms. The number of anilines is 1. The predicted molar refractivity (Wildman–Crippen MR) is 114 cm³/mol. The lowest BCUT2D eigenvalue weighted by Gasteiger charge is -2.14. The molecule has 2 aromatic carbocycles. The number of benzene rings is 2. The molecule has 0 saturated carbocycles. The molecule has 0 aliphatic carbocycles. The van der Waals surface area contributed by atoms with Crippen molar-refractivity contribution in [2.75, 3.05) is 5.32 Å². The molecule has 1 amide bonds. The number of amides is 1. The molecule has 0 aliphatic heterocycles. The first kappa shape index (κ1) is 21.0. The second kappa shape index (κ2) is 8.78. The minimum absolute atomic E-state index is 0.00738. The molecular formula is C24H23NO5. The molecule has 0 radical (unpaired) electrons. The van der Waals surface area contributed by atoms with Gasteiger partial charge in [-0.05, 0) is 57.0 Å². The van der Waals surface area contributed by atoms with E-state index in [1.165, 1.54) is 19.9 Å². The fraction of sp³-hybridized carbons (Fsp3) is 0.208. The highest BCUT2D eigenvalue weighted by Gasteiger charge is 2.22. The first-order valence-electron chi connectivity index (χ1n) is 9.55. The minimum Gasteiger partial charge on any atom is -0.449 e. The fourth-order valence-corrected chi connectivity index (χ4v) is 2.85. The van der Waals surface area contributed by atoms with Crippen LogP contribution in [0.5, 0.6) is 0 Å². The van der Waals surface area contributed by atoms with Crippen LogP contribution in [0.2, 0.25) is 0 Å². The molecule has 154 valence electrons. The Morgan fingerprint density at radius 1 is 0.967 bits per heavy atom. The Morgan fingerprint density at radius 3 is 2.33 bits per heavy atom.